The van der Waals surface area contributed by atoms with Crippen LogP contribution in [0.25, 0.3) is 0 Å². The first-order valence-electron chi connectivity index (χ1n) is 10.6. The van der Waals surface area contributed by atoms with Gasteiger partial charge in [-0.1, -0.05) is 35.3 Å². The van der Waals surface area contributed by atoms with Crippen molar-refractivity contribution in [2.75, 3.05) is 33.8 Å². The Morgan fingerprint density at radius 1 is 1.13 bits per heavy atom. The van der Waals surface area contributed by atoms with Gasteiger partial charge in [0.1, 0.15) is 6.61 Å². The van der Waals surface area contributed by atoms with Crippen molar-refractivity contribution in [1.82, 2.24) is 9.80 Å². The second-order valence-corrected chi connectivity index (χ2v) is 9.41. The molecule has 31 heavy (non-hydrogen) atoms. The summed E-state index contributed by atoms with van der Waals surface area (Å²) in [6.07, 6.45) is 2.53. The summed E-state index contributed by atoms with van der Waals surface area (Å²) in [7, 11) is 3.57. The second kappa shape index (κ2) is 9.68. The van der Waals surface area contributed by atoms with E-state index in [0.29, 0.717) is 28.2 Å². The van der Waals surface area contributed by atoms with Crippen molar-refractivity contribution in [2.45, 2.75) is 26.0 Å². The molecule has 1 amide bonds. The number of methoxy groups -OCH3 is 1. The van der Waals surface area contributed by atoms with Crippen molar-refractivity contribution >= 4 is 29.1 Å². The molecule has 1 saturated heterocycles. The number of likely N-dealkylation sites (tertiary alicyclic amines) is 1. The fourth-order valence-corrected chi connectivity index (χ4v) is 4.39. The van der Waals surface area contributed by atoms with Crippen molar-refractivity contribution in [3.63, 3.8) is 0 Å². The number of hydrogen-bond acceptors (Lipinski definition) is 4. The lowest BCUT2D eigenvalue weighted by molar-refractivity contribution is -0.140. The topological polar surface area (TPSA) is 42.0 Å². The maximum atomic E-state index is 12.5. The molecule has 5 nitrogen and oxygen atoms in total. The van der Waals surface area contributed by atoms with E-state index in [1.807, 2.05) is 36.2 Å². The van der Waals surface area contributed by atoms with Gasteiger partial charge in [-0.05, 0) is 48.6 Å². The van der Waals surface area contributed by atoms with Crippen LogP contribution < -0.4 is 9.47 Å². The normalized spacial score (nSPS) is 16.6. The van der Waals surface area contributed by atoms with E-state index in [2.05, 4.69) is 4.90 Å². The minimum absolute atomic E-state index is 0.123. The Kier molecular flexibility index (Phi) is 6.95. The molecule has 0 radical (unpaired) electrons. The van der Waals surface area contributed by atoms with Crippen LogP contribution >= 0.6 is 23.2 Å². The highest BCUT2D eigenvalue weighted by Crippen LogP contribution is 2.32. The molecule has 166 valence electrons. The molecular formula is C24H28Cl2N2O3. The molecule has 0 unspecified atom stereocenters. The van der Waals surface area contributed by atoms with E-state index in [9.17, 15) is 4.79 Å². The molecule has 2 fully saturated rings. The third kappa shape index (κ3) is 5.65. The minimum Gasteiger partial charge on any atom is -0.493 e. The number of ether oxygens (including phenoxy) is 2. The molecule has 0 spiro atoms. The summed E-state index contributed by atoms with van der Waals surface area (Å²) in [5.41, 5.74) is 1.99. The Hall–Kier alpha value is -1.95. The molecule has 1 saturated carbocycles. The van der Waals surface area contributed by atoms with Gasteiger partial charge in [-0.3, -0.25) is 9.69 Å². The minimum atomic E-state index is 0.123. The van der Waals surface area contributed by atoms with Crippen molar-refractivity contribution in [3.05, 3.63) is 57.6 Å². The Morgan fingerprint density at radius 3 is 2.58 bits per heavy atom. The van der Waals surface area contributed by atoms with Crippen LogP contribution in [0, 0.1) is 11.8 Å². The first-order valence-corrected chi connectivity index (χ1v) is 11.4. The van der Waals surface area contributed by atoms with Gasteiger partial charge in [0.2, 0.25) is 5.91 Å². The highest BCUT2D eigenvalue weighted by atomic mass is 35.5. The maximum Gasteiger partial charge on any atom is 0.228 e. The monoisotopic (exact) mass is 462 g/mol. The average molecular weight is 463 g/mol. The maximum absolute atomic E-state index is 12.5. The van der Waals surface area contributed by atoms with Crippen molar-refractivity contribution in [2.24, 2.45) is 11.8 Å². The van der Waals surface area contributed by atoms with Gasteiger partial charge >= 0.3 is 0 Å². The zero-order valence-corrected chi connectivity index (χ0v) is 19.5. The quantitative estimate of drug-likeness (QED) is 0.532. The van der Waals surface area contributed by atoms with Crippen LogP contribution in [0.15, 0.2) is 36.4 Å². The largest absolute Gasteiger partial charge is 0.493 e. The molecule has 7 heteroatoms. The lowest BCUT2D eigenvalue weighted by Gasteiger charge is -2.40. The lowest BCUT2D eigenvalue weighted by Crippen LogP contribution is -2.53. The Labute approximate surface area is 193 Å². The summed E-state index contributed by atoms with van der Waals surface area (Å²) < 4.78 is 11.5. The number of nitrogens with zero attached hydrogens (tertiary/aromatic N) is 2. The molecule has 2 aliphatic rings. The van der Waals surface area contributed by atoms with Crippen LogP contribution in [0.3, 0.4) is 0 Å². The third-order valence-electron chi connectivity index (χ3n) is 5.94. The first kappa shape index (κ1) is 22.3. The molecule has 1 aliphatic carbocycles. The second-order valence-electron chi connectivity index (χ2n) is 8.56. The SMILES string of the molecule is COc1cc(CN2CC(C(=O)N(C)CC3CC3)C2)ccc1OCc1ccc(Cl)cc1Cl. The molecule has 0 atom stereocenters. The number of hydrogen-bond donors (Lipinski definition) is 0. The molecule has 4 rings (SSSR count). The predicted molar refractivity (Wildman–Crippen MR) is 123 cm³/mol. The Morgan fingerprint density at radius 2 is 1.90 bits per heavy atom. The predicted octanol–water partition coefficient (Wildman–Crippen LogP) is 4.88. The summed E-state index contributed by atoms with van der Waals surface area (Å²) >= 11 is 12.2. The van der Waals surface area contributed by atoms with Gasteiger partial charge in [-0.2, -0.15) is 0 Å². The van der Waals surface area contributed by atoms with Gasteiger partial charge < -0.3 is 14.4 Å². The molecule has 2 aromatic carbocycles. The van der Waals surface area contributed by atoms with Crippen LogP contribution in [-0.2, 0) is 17.9 Å². The number of halogens is 2. The Balaban J connectivity index is 1.29. The van der Waals surface area contributed by atoms with Gasteiger partial charge in [0.25, 0.3) is 0 Å². The van der Waals surface area contributed by atoms with Crippen molar-refractivity contribution < 1.29 is 14.3 Å². The van der Waals surface area contributed by atoms with E-state index in [1.165, 1.54) is 12.8 Å². The van der Waals surface area contributed by atoms with E-state index in [4.69, 9.17) is 32.7 Å². The van der Waals surface area contributed by atoms with Gasteiger partial charge in [0, 0.05) is 48.8 Å². The Bertz CT molecular complexity index is 942. The van der Waals surface area contributed by atoms with Crippen molar-refractivity contribution in [3.8, 4) is 11.5 Å². The molecule has 0 aromatic heterocycles. The van der Waals surface area contributed by atoms with Crippen LogP contribution in [0.4, 0.5) is 0 Å². The molecular weight excluding hydrogens is 435 g/mol. The number of rotatable bonds is 9. The van der Waals surface area contributed by atoms with E-state index >= 15 is 0 Å². The summed E-state index contributed by atoms with van der Waals surface area (Å²) in [5.74, 6) is 2.48. The summed E-state index contributed by atoms with van der Waals surface area (Å²) in [6.45, 7) is 3.65. The fraction of sp³-hybridized carbons (Fsp3) is 0.458. The van der Waals surface area contributed by atoms with Gasteiger partial charge in [-0.25, -0.2) is 0 Å². The van der Waals surface area contributed by atoms with E-state index in [1.54, 1.807) is 19.2 Å². The van der Waals surface area contributed by atoms with Crippen LogP contribution in [-0.4, -0.2) is 49.5 Å². The average Bonchev–Trinajstić information content (AvgIpc) is 3.53. The highest BCUT2D eigenvalue weighted by molar-refractivity contribution is 6.35. The standard InChI is InChI=1S/C24H28Cl2N2O3/c1-27(11-16-3-4-16)24(29)19-13-28(14-19)12-17-5-8-22(23(9-17)30-2)31-15-18-6-7-20(25)10-21(18)26/h5-10,16,19H,3-4,11-15H2,1-2H3. The van der Waals surface area contributed by atoms with Crippen LogP contribution in [0.5, 0.6) is 11.5 Å². The molecule has 0 N–H and O–H groups in total. The smallest absolute Gasteiger partial charge is 0.228 e. The number of benzene rings is 2. The number of amides is 1. The fourth-order valence-electron chi connectivity index (χ4n) is 3.93. The molecule has 1 aliphatic heterocycles. The first-order chi connectivity index (χ1) is 14.9. The van der Waals surface area contributed by atoms with Gasteiger partial charge in [0.15, 0.2) is 11.5 Å². The van der Waals surface area contributed by atoms with Gasteiger partial charge in [0.05, 0.1) is 13.0 Å². The van der Waals surface area contributed by atoms with E-state index in [-0.39, 0.29) is 11.8 Å². The molecule has 2 aromatic rings. The van der Waals surface area contributed by atoms with E-state index in [0.717, 1.165) is 43.2 Å². The zero-order chi connectivity index (χ0) is 22.0. The van der Waals surface area contributed by atoms with E-state index < -0.39 is 0 Å². The summed E-state index contributed by atoms with van der Waals surface area (Å²) in [6, 6.07) is 11.3. The van der Waals surface area contributed by atoms with Crippen LogP contribution in [0.2, 0.25) is 10.0 Å². The lowest BCUT2D eigenvalue weighted by atomic mass is 9.97. The molecule has 0 bridgehead atoms. The zero-order valence-electron chi connectivity index (χ0n) is 17.9. The number of carbonyl (C=O) groups excluding carboxylic acids is 1. The third-order valence-corrected chi connectivity index (χ3v) is 6.53. The summed E-state index contributed by atoms with van der Waals surface area (Å²) in [4.78, 5) is 16.7. The highest BCUT2D eigenvalue weighted by Gasteiger charge is 2.35. The number of carbonyl (C=O) groups is 1. The van der Waals surface area contributed by atoms with Crippen molar-refractivity contribution in [1.29, 1.82) is 0 Å². The molecule has 1 heterocycles. The van der Waals surface area contributed by atoms with Gasteiger partial charge in [-0.15, -0.1) is 0 Å². The van der Waals surface area contributed by atoms with Crippen LogP contribution in [0.1, 0.15) is 24.0 Å². The summed E-state index contributed by atoms with van der Waals surface area (Å²) in [5, 5.41) is 1.17.